The first-order chi connectivity index (χ1) is 8.09. The van der Waals surface area contributed by atoms with E-state index >= 15 is 0 Å². The number of anilines is 2. The van der Waals surface area contributed by atoms with Crippen LogP contribution in [0.1, 0.15) is 18.5 Å². The highest BCUT2D eigenvalue weighted by molar-refractivity contribution is 5.49. The van der Waals surface area contributed by atoms with Gasteiger partial charge in [-0.3, -0.25) is 0 Å². The number of nitrogen functional groups attached to an aromatic ring is 1. The third-order valence-corrected chi connectivity index (χ3v) is 3.15. The molecule has 0 aliphatic carbocycles. The van der Waals surface area contributed by atoms with Crippen LogP contribution in [0.25, 0.3) is 0 Å². The Morgan fingerprint density at radius 2 is 2.18 bits per heavy atom. The standard InChI is InChI=1S/C12H19N3O2/c1-9-10(13)2-3-11(15-9)14-8-12(16)4-6-17-7-5-12/h2-3,16H,4-8,13H2,1H3,(H,14,15). The second-order valence-corrected chi connectivity index (χ2v) is 4.56. The molecule has 0 atom stereocenters. The van der Waals surface area contributed by atoms with Gasteiger partial charge in [-0.05, 0) is 19.1 Å². The summed E-state index contributed by atoms with van der Waals surface area (Å²) in [7, 11) is 0. The number of pyridine rings is 1. The second kappa shape index (κ2) is 4.89. The van der Waals surface area contributed by atoms with Crippen molar-refractivity contribution in [2.75, 3.05) is 30.8 Å². The number of nitrogens with zero attached hydrogens (tertiary/aromatic N) is 1. The molecule has 1 aliphatic heterocycles. The fraction of sp³-hybridized carbons (Fsp3) is 0.583. The average Bonchev–Trinajstić information content (AvgIpc) is 2.32. The van der Waals surface area contributed by atoms with E-state index in [4.69, 9.17) is 10.5 Å². The zero-order chi connectivity index (χ0) is 12.3. The van der Waals surface area contributed by atoms with E-state index < -0.39 is 5.60 Å². The molecule has 5 nitrogen and oxygen atoms in total. The molecule has 1 fully saturated rings. The Kier molecular flexibility index (Phi) is 3.49. The maximum atomic E-state index is 10.3. The number of aliphatic hydroxyl groups is 1. The predicted octanol–water partition coefficient (Wildman–Crippen LogP) is 0.926. The lowest BCUT2D eigenvalue weighted by atomic mass is 9.94. The van der Waals surface area contributed by atoms with Crippen LogP contribution in [0, 0.1) is 6.92 Å². The van der Waals surface area contributed by atoms with E-state index in [2.05, 4.69) is 10.3 Å². The zero-order valence-electron chi connectivity index (χ0n) is 10.1. The van der Waals surface area contributed by atoms with E-state index in [0.717, 1.165) is 11.5 Å². The molecular formula is C12H19N3O2. The highest BCUT2D eigenvalue weighted by atomic mass is 16.5. The fourth-order valence-electron chi connectivity index (χ4n) is 1.85. The summed E-state index contributed by atoms with van der Waals surface area (Å²) in [5.41, 5.74) is 6.49. The molecule has 0 bridgehead atoms. The number of nitrogens with one attached hydrogen (secondary N) is 1. The summed E-state index contributed by atoms with van der Waals surface area (Å²) >= 11 is 0. The van der Waals surface area contributed by atoms with Gasteiger partial charge in [-0.2, -0.15) is 0 Å². The quantitative estimate of drug-likeness (QED) is 0.728. The van der Waals surface area contributed by atoms with Gasteiger partial charge in [0, 0.05) is 32.6 Å². The van der Waals surface area contributed by atoms with Crippen molar-refractivity contribution < 1.29 is 9.84 Å². The Morgan fingerprint density at radius 3 is 2.82 bits per heavy atom. The normalized spacial score (nSPS) is 18.9. The Balaban J connectivity index is 1.94. The van der Waals surface area contributed by atoms with Crippen LogP contribution in [0.5, 0.6) is 0 Å². The molecule has 17 heavy (non-hydrogen) atoms. The van der Waals surface area contributed by atoms with E-state index in [0.29, 0.717) is 38.3 Å². The van der Waals surface area contributed by atoms with Crippen molar-refractivity contribution in [3.8, 4) is 0 Å². The molecule has 0 spiro atoms. The van der Waals surface area contributed by atoms with Crippen LogP contribution in [0.3, 0.4) is 0 Å². The molecule has 0 saturated carbocycles. The summed E-state index contributed by atoms with van der Waals surface area (Å²) in [5, 5.41) is 13.4. The topological polar surface area (TPSA) is 80.4 Å². The highest BCUT2D eigenvalue weighted by Crippen LogP contribution is 2.21. The van der Waals surface area contributed by atoms with E-state index in [9.17, 15) is 5.11 Å². The molecule has 2 rings (SSSR count). The third-order valence-electron chi connectivity index (χ3n) is 3.15. The van der Waals surface area contributed by atoms with Crippen LogP contribution >= 0.6 is 0 Å². The zero-order valence-corrected chi connectivity index (χ0v) is 10.1. The first kappa shape index (κ1) is 12.1. The number of hydrogen-bond acceptors (Lipinski definition) is 5. The Labute approximate surface area is 101 Å². The van der Waals surface area contributed by atoms with Crippen molar-refractivity contribution in [1.29, 1.82) is 0 Å². The van der Waals surface area contributed by atoms with Gasteiger partial charge in [0.15, 0.2) is 0 Å². The van der Waals surface area contributed by atoms with E-state index in [-0.39, 0.29) is 0 Å². The van der Waals surface area contributed by atoms with Gasteiger partial charge in [-0.25, -0.2) is 4.98 Å². The lowest BCUT2D eigenvalue weighted by Gasteiger charge is -2.32. The number of aromatic nitrogens is 1. The highest BCUT2D eigenvalue weighted by Gasteiger charge is 2.29. The molecule has 4 N–H and O–H groups in total. The molecular weight excluding hydrogens is 218 g/mol. The molecule has 0 radical (unpaired) electrons. The maximum Gasteiger partial charge on any atom is 0.126 e. The SMILES string of the molecule is Cc1nc(NCC2(O)CCOCC2)ccc1N. The maximum absolute atomic E-state index is 10.3. The van der Waals surface area contributed by atoms with Crippen molar-refractivity contribution in [3.05, 3.63) is 17.8 Å². The predicted molar refractivity (Wildman–Crippen MR) is 66.9 cm³/mol. The van der Waals surface area contributed by atoms with Crippen molar-refractivity contribution >= 4 is 11.5 Å². The van der Waals surface area contributed by atoms with Gasteiger partial charge in [0.05, 0.1) is 17.0 Å². The minimum atomic E-state index is -0.685. The fourth-order valence-corrected chi connectivity index (χ4v) is 1.85. The summed E-state index contributed by atoms with van der Waals surface area (Å²) in [6.45, 7) is 3.59. The number of rotatable bonds is 3. The minimum absolute atomic E-state index is 0.493. The van der Waals surface area contributed by atoms with Gasteiger partial charge in [0.2, 0.25) is 0 Å². The van der Waals surface area contributed by atoms with Crippen LogP contribution in [-0.4, -0.2) is 35.5 Å². The third kappa shape index (κ3) is 3.08. The summed E-state index contributed by atoms with van der Waals surface area (Å²) < 4.78 is 5.23. The molecule has 1 saturated heterocycles. The summed E-state index contributed by atoms with van der Waals surface area (Å²) in [4.78, 5) is 4.31. The number of hydrogen-bond donors (Lipinski definition) is 3. The monoisotopic (exact) mass is 237 g/mol. The van der Waals surface area contributed by atoms with Crippen LogP contribution in [0.2, 0.25) is 0 Å². The Hall–Kier alpha value is -1.33. The first-order valence-electron chi connectivity index (χ1n) is 5.86. The van der Waals surface area contributed by atoms with Gasteiger partial charge >= 0.3 is 0 Å². The van der Waals surface area contributed by atoms with Crippen molar-refractivity contribution in [2.24, 2.45) is 0 Å². The molecule has 1 aromatic heterocycles. The van der Waals surface area contributed by atoms with Crippen LogP contribution in [-0.2, 0) is 4.74 Å². The van der Waals surface area contributed by atoms with Gasteiger partial charge in [-0.1, -0.05) is 0 Å². The van der Waals surface area contributed by atoms with Gasteiger partial charge in [-0.15, -0.1) is 0 Å². The Bertz CT molecular complexity index is 389. The Morgan fingerprint density at radius 1 is 1.47 bits per heavy atom. The molecule has 5 heteroatoms. The molecule has 94 valence electrons. The minimum Gasteiger partial charge on any atom is -0.397 e. The summed E-state index contributed by atoms with van der Waals surface area (Å²) in [5.74, 6) is 0.747. The van der Waals surface area contributed by atoms with Gasteiger partial charge in [0.25, 0.3) is 0 Å². The molecule has 1 aliphatic rings. The molecule has 0 unspecified atom stereocenters. The van der Waals surface area contributed by atoms with Crippen LogP contribution in [0.15, 0.2) is 12.1 Å². The van der Waals surface area contributed by atoms with Crippen molar-refractivity contribution in [1.82, 2.24) is 4.98 Å². The summed E-state index contributed by atoms with van der Waals surface area (Å²) in [6, 6.07) is 3.64. The van der Waals surface area contributed by atoms with Gasteiger partial charge < -0.3 is 20.9 Å². The van der Waals surface area contributed by atoms with Crippen LogP contribution in [0.4, 0.5) is 11.5 Å². The molecule has 1 aromatic rings. The molecule has 0 amide bonds. The van der Waals surface area contributed by atoms with Gasteiger partial charge in [0.1, 0.15) is 5.82 Å². The lowest BCUT2D eigenvalue weighted by Crippen LogP contribution is -2.42. The number of aryl methyl sites for hydroxylation is 1. The molecule has 0 aromatic carbocycles. The first-order valence-corrected chi connectivity index (χ1v) is 5.86. The van der Waals surface area contributed by atoms with Crippen molar-refractivity contribution in [3.63, 3.8) is 0 Å². The van der Waals surface area contributed by atoms with Crippen LogP contribution < -0.4 is 11.1 Å². The summed E-state index contributed by atoms with van der Waals surface area (Å²) in [6.07, 6.45) is 1.32. The van der Waals surface area contributed by atoms with E-state index in [1.165, 1.54) is 0 Å². The average molecular weight is 237 g/mol. The van der Waals surface area contributed by atoms with Crippen molar-refractivity contribution in [2.45, 2.75) is 25.4 Å². The number of nitrogens with two attached hydrogens (primary N) is 1. The van der Waals surface area contributed by atoms with E-state index in [1.54, 1.807) is 0 Å². The second-order valence-electron chi connectivity index (χ2n) is 4.56. The molecule has 2 heterocycles. The lowest BCUT2D eigenvalue weighted by molar-refractivity contribution is -0.0543. The largest absolute Gasteiger partial charge is 0.397 e. The van der Waals surface area contributed by atoms with E-state index in [1.807, 2.05) is 19.1 Å². The smallest absolute Gasteiger partial charge is 0.126 e. The number of ether oxygens (including phenoxy) is 1.